The van der Waals surface area contributed by atoms with Crippen LogP contribution in [0.1, 0.15) is 19.3 Å². The van der Waals surface area contributed by atoms with Crippen molar-refractivity contribution in [3.8, 4) is 0 Å². The fourth-order valence-electron chi connectivity index (χ4n) is 0.672. The summed E-state index contributed by atoms with van der Waals surface area (Å²) in [7, 11) is 1.31. The monoisotopic (exact) mass is 176 g/mol. The topological polar surface area (TPSA) is 46.5 Å². The number of hydrogen-bond donors (Lipinski definition) is 1. The van der Waals surface area contributed by atoms with Gasteiger partial charge in [0.05, 0.1) is 13.7 Å². The molecule has 0 aliphatic heterocycles. The quantitative estimate of drug-likeness (QED) is 0.505. The zero-order valence-electron chi connectivity index (χ0n) is 7.05. The van der Waals surface area contributed by atoms with Crippen LogP contribution in [0.4, 0.5) is 4.39 Å². The van der Waals surface area contributed by atoms with Gasteiger partial charge in [-0.3, -0.25) is 4.79 Å². The number of carbonyl (C=O) groups excluding carboxylic acids is 1. The van der Waals surface area contributed by atoms with Gasteiger partial charge in [-0.1, -0.05) is 6.08 Å². The summed E-state index contributed by atoms with van der Waals surface area (Å²) >= 11 is 0. The molecular weight excluding hydrogens is 163 g/mol. The molecule has 0 radical (unpaired) electrons. The lowest BCUT2D eigenvalue weighted by Gasteiger charge is -1.95. The van der Waals surface area contributed by atoms with Crippen LogP contribution in [0.3, 0.4) is 0 Å². The zero-order valence-corrected chi connectivity index (χ0v) is 7.05. The maximum absolute atomic E-state index is 12.2. The standard InChI is InChI=1S/C8H13FO3/c1-12-8(11)5-3-2-4-7(9)6-10/h4,10H,2-3,5-6H2,1H3. The lowest BCUT2D eigenvalue weighted by atomic mass is 10.2. The fraction of sp³-hybridized carbons (Fsp3) is 0.625. The van der Waals surface area contributed by atoms with Crippen molar-refractivity contribution < 1.29 is 19.0 Å². The number of aliphatic hydroxyl groups excluding tert-OH is 1. The number of hydrogen-bond acceptors (Lipinski definition) is 3. The first-order valence-electron chi connectivity index (χ1n) is 3.73. The molecule has 1 N–H and O–H groups in total. The molecule has 0 amide bonds. The third-order valence-electron chi connectivity index (χ3n) is 1.33. The average Bonchev–Trinajstić information content (AvgIpc) is 2.11. The first-order valence-corrected chi connectivity index (χ1v) is 3.73. The maximum Gasteiger partial charge on any atom is 0.305 e. The Morgan fingerprint density at radius 1 is 1.67 bits per heavy atom. The van der Waals surface area contributed by atoms with Crippen LogP contribution in [0.2, 0.25) is 0 Å². The van der Waals surface area contributed by atoms with Crippen molar-refractivity contribution in [1.82, 2.24) is 0 Å². The van der Waals surface area contributed by atoms with Crippen LogP contribution < -0.4 is 0 Å². The van der Waals surface area contributed by atoms with E-state index < -0.39 is 12.4 Å². The molecule has 3 nitrogen and oxygen atoms in total. The second kappa shape index (κ2) is 6.79. The van der Waals surface area contributed by atoms with Gasteiger partial charge >= 0.3 is 5.97 Å². The second-order valence-electron chi connectivity index (χ2n) is 2.28. The molecule has 12 heavy (non-hydrogen) atoms. The van der Waals surface area contributed by atoms with Gasteiger partial charge in [-0.2, -0.15) is 0 Å². The van der Waals surface area contributed by atoms with Gasteiger partial charge in [-0.25, -0.2) is 4.39 Å². The Bertz CT molecular complexity index is 166. The number of methoxy groups -OCH3 is 1. The minimum absolute atomic E-state index is 0.283. The third-order valence-corrected chi connectivity index (χ3v) is 1.33. The molecular formula is C8H13FO3. The van der Waals surface area contributed by atoms with Crippen LogP contribution in [-0.2, 0) is 9.53 Å². The van der Waals surface area contributed by atoms with Crippen LogP contribution >= 0.6 is 0 Å². The highest BCUT2D eigenvalue weighted by Crippen LogP contribution is 2.02. The summed E-state index contributed by atoms with van der Waals surface area (Å²) < 4.78 is 16.6. The lowest BCUT2D eigenvalue weighted by Crippen LogP contribution is -1.98. The number of esters is 1. The summed E-state index contributed by atoms with van der Waals surface area (Å²) in [5.41, 5.74) is 0. The molecule has 0 fully saturated rings. The minimum Gasteiger partial charge on any atom is -0.469 e. The summed E-state index contributed by atoms with van der Waals surface area (Å²) in [6.45, 7) is -0.571. The number of rotatable bonds is 5. The molecule has 0 saturated carbocycles. The van der Waals surface area contributed by atoms with E-state index in [0.717, 1.165) is 0 Å². The summed E-state index contributed by atoms with van der Waals surface area (Å²) in [4.78, 5) is 10.5. The number of ether oxygens (including phenoxy) is 1. The largest absolute Gasteiger partial charge is 0.469 e. The Labute approximate surface area is 70.8 Å². The molecule has 0 aromatic carbocycles. The predicted octanol–water partition coefficient (Wildman–Crippen LogP) is 1.18. The van der Waals surface area contributed by atoms with E-state index in [1.54, 1.807) is 0 Å². The molecule has 0 aliphatic carbocycles. The molecule has 70 valence electrons. The van der Waals surface area contributed by atoms with E-state index in [2.05, 4.69) is 4.74 Å². The van der Waals surface area contributed by atoms with Gasteiger partial charge in [0.25, 0.3) is 0 Å². The van der Waals surface area contributed by atoms with Gasteiger partial charge in [0.15, 0.2) is 0 Å². The van der Waals surface area contributed by atoms with E-state index >= 15 is 0 Å². The van der Waals surface area contributed by atoms with Gasteiger partial charge < -0.3 is 9.84 Å². The van der Waals surface area contributed by atoms with Gasteiger partial charge in [0.1, 0.15) is 5.83 Å². The van der Waals surface area contributed by atoms with E-state index in [0.29, 0.717) is 12.8 Å². The molecule has 0 saturated heterocycles. The first-order chi connectivity index (χ1) is 5.70. The number of carbonyl (C=O) groups is 1. The summed E-state index contributed by atoms with van der Waals surface area (Å²) in [6, 6.07) is 0. The SMILES string of the molecule is COC(=O)CCCC=C(F)CO. The highest BCUT2D eigenvalue weighted by Gasteiger charge is 1.98. The van der Waals surface area contributed by atoms with Crippen LogP contribution in [0.15, 0.2) is 11.9 Å². The Balaban J connectivity index is 3.38. The molecule has 0 aromatic rings. The molecule has 0 rings (SSSR count). The Morgan fingerprint density at radius 3 is 2.83 bits per heavy atom. The Hall–Kier alpha value is -0.900. The van der Waals surface area contributed by atoms with E-state index in [1.807, 2.05) is 0 Å². The van der Waals surface area contributed by atoms with Crippen molar-refractivity contribution in [3.05, 3.63) is 11.9 Å². The number of unbranched alkanes of at least 4 members (excludes halogenated alkanes) is 1. The molecule has 0 aliphatic rings. The van der Waals surface area contributed by atoms with Crippen LogP contribution in [-0.4, -0.2) is 24.8 Å². The molecule has 0 spiro atoms. The van der Waals surface area contributed by atoms with Crippen molar-refractivity contribution in [3.63, 3.8) is 0 Å². The van der Waals surface area contributed by atoms with Crippen molar-refractivity contribution in [1.29, 1.82) is 0 Å². The first kappa shape index (κ1) is 11.1. The van der Waals surface area contributed by atoms with Crippen LogP contribution in [0.25, 0.3) is 0 Å². The van der Waals surface area contributed by atoms with Crippen molar-refractivity contribution >= 4 is 5.97 Å². The lowest BCUT2D eigenvalue weighted by molar-refractivity contribution is -0.140. The normalized spacial score (nSPS) is 11.4. The number of allylic oxidation sites excluding steroid dienone is 1. The van der Waals surface area contributed by atoms with Gasteiger partial charge in [0.2, 0.25) is 0 Å². The van der Waals surface area contributed by atoms with Gasteiger partial charge in [-0.05, 0) is 12.8 Å². The van der Waals surface area contributed by atoms with Crippen molar-refractivity contribution in [2.75, 3.05) is 13.7 Å². The second-order valence-corrected chi connectivity index (χ2v) is 2.28. The van der Waals surface area contributed by atoms with Crippen molar-refractivity contribution in [2.45, 2.75) is 19.3 Å². The molecule has 0 atom stereocenters. The van der Waals surface area contributed by atoms with E-state index in [1.165, 1.54) is 13.2 Å². The molecule has 0 aromatic heterocycles. The Morgan fingerprint density at radius 2 is 2.33 bits per heavy atom. The smallest absolute Gasteiger partial charge is 0.305 e. The van der Waals surface area contributed by atoms with Crippen LogP contribution in [0.5, 0.6) is 0 Å². The molecule has 4 heteroatoms. The summed E-state index contributed by atoms with van der Waals surface area (Å²) in [5.74, 6) is -0.854. The Kier molecular flexibility index (Phi) is 6.28. The number of aliphatic hydroxyl groups is 1. The minimum atomic E-state index is -0.571. The van der Waals surface area contributed by atoms with Gasteiger partial charge in [-0.15, -0.1) is 0 Å². The molecule has 0 bridgehead atoms. The zero-order chi connectivity index (χ0) is 9.40. The summed E-state index contributed by atoms with van der Waals surface area (Å²) in [6.07, 6.45) is 2.54. The van der Waals surface area contributed by atoms with Gasteiger partial charge in [0, 0.05) is 6.42 Å². The van der Waals surface area contributed by atoms with E-state index in [4.69, 9.17) is 5.11 Å². The van der Waals surface area contributed by atoms with E-state index in [9.17, 15) is 9.18 Å². The predicted molar refractivity (Wildman–Crippen MR) is 42.1 cm³/mol. The third kappa shape index (κ3) is 5.85. The highest BCUT2D eigenvalue weighted by molar-refractivity contribution is 5.68. The number of halogens is 1. The van der Waals surface area contributed by atoms with E-state index in [-0.39, 0.29) is 12.4 Å². The average molecular weight is 176 g/mol. The molecule has 0 unspecified atom stereocenters. The fourth-order valence-corrected chi connectivity index (χ4v) is 0.672. The summed E-state index contributed by atoms with van der Waals surface area (Å²) in [5, 5.41) is 8.25. The van der Waals surface area contributed by atoms with Crippen LogP contribution in [0, 0.1) is 0 Å². The molecule has 0 heterocycles. The highest BCUT2D eigenvalue weighted by atomic mass is 19.1. The maximum atomic E-state index is 12.2. The van der Waals surface area contributed by atoms with Crippen molar-refractivity contribution in [2.24, 2.45) is 0 Å².